The van der Waals surface area contributed by atoms with E-state index in [1.807, 2.05) is 12.1 Å². The molecule has 0 saturated carbocycles. The van der Waals surface area contributed by atoms with Gasteiger partial charge in [0.05, 0.1) is 0 Å². The van der Waals surface area contributed by atoms with Crippen LogP contribution in [0.4, 0.5) is 5.69 Å². The van der Waals surface area contributed by atoms with E-state index in [1.165, 1.54) is 0 Å². The second-order valence-corrected chi connectivity index (χ2v) is 6.52. The largest absolute Gasteiger partial charge is 0.489 e. The average molecular weight is 385 g/mol. The first-order chi connectivity index (χ1) is 13.6. The fourth-order valence-electron chi connectivity index (χ4n) is 3.11. The maximum Gasteiger partial charge on any atom is 0.332 e. The Morgan fingerprint density at radius 1 is 1.07 bits per heavy atom. The van der Waals surface area contributed by atoms with Crippen molar-refractivity contribution >= 4 is 17.6 Å². The van der Waals surface area contributed by atoms with Crippen molar-refractivity contribution in [2.24, 2.45) is 0 Å². The molecule has 2 aliphatic heterocycles. The Bertz CT molecular complexity index is 898. The van der Waals surface area contributed by atoms with E-state index in [4.69, 9.17) is 24.1 Å². The van der Waals surface area contributed by atoms with Gasteiger partial charge in [0.1, 0.15) is 18.5 Å². The number of ether oxygens (including phenoxy) is 4. The van der Waals surface area contributed by atoms with Crippen LogP contribution in [0.25, 0.3) is 0 Å². The molecule has 0 unspecified atom stereocenters. The Balaban J connectivity index is 1.34. The first-order valence-electron chi connectivity index (χ1n) is 8.89. The van der Waals surface area contributed by atoms with Gasteiger partial charge < -0.3 is 29.4 Å². The van der Waals surface area contributed by atoms with Crippen LogP contribution in [0, 0.1) is 0 Å². The summed E-state index contributed by atoms with van der Waals surface area (Å²) in [4.78, 5) is 23.2. The van der Waals surface area contributed by atoms with Crippen LogP contribution in [-0.4, -0.2) is 36.0 Å². The minimum Gasteiger partial charge on any atom is -0.489 e. The lowest BCUT2D eigenvalue weighted by atomic mass is 10.1. The van der Waals surface area contributed by atoms with E-state index in [-0.39, 0.29) is 12.7 Å². The van der Waals surface area contributed by atoms with E-state index in [9.17, 15) is 9.59 Å². The molecule has 8 heteroatoms. The smallest absolute Gasteiger partial charge is 0.332 e. The molecule has 0 aliphatic carbocycles. The summed E-state index contributed by atoms with van der Waals surface area (Å²) in [5.74, 6) is 0.597. The number of benzene rings is 2. The highest BCUT2D eigenvalue weighted by molar-refractivity contribution is 5.94. The van der Waals surface area contributed by atoms with Gasteiger partial charge in [0.15, 0.2) is 17.6 Å². The number of rotatable bonds is 6. The summed E-state index contributed by atoms with van der Waals surface area (Å²) in [5.41, 5.74) is 1.46. The van der Waals surface area contributed by atoms with Crippen LogP contribution < -0.4 is 19.5 Å². The Hall–Kier alpha value is -3.26. The van der Waals surface area contributed by atoms with Gasteiger partial charge in [-0.25, -0.2) is 4.79 Å². The van der Waals surface area contributed by atoms with Gasteiger partial charge in [-0.05, 0) is 42.7 Å². The first kappa shape index (κ1) is 18.1. The maximum atomic E-state index is 12.3. The lowest BCUT2D eigenvalue weighted by molar-refractivity contribution is -0.150. The SMILES string of the molecule is O=C(Nc1cccc(COc2ccc3c(c2)OCO3)c1)[C@@H]1CC[C@H](C(=O)O)O1. The summed E-state index contributed by atoms with van der Waals surface area (Å²) in [6.07, 6.45) is -0.959. The number of fused-ring (bicyclic) bond motifs is 1. The van der Waals surface area contributed by atoms with Crippen LogP contribution in [-0.2, 0) is 20.9 Å². The van der Waals surface area contributed by atoms with Gasteiger partial charge in [-0.2, -0.15) is 0 Å². The molecule has 1 amide bonds. The average Bonchev–Trinajstić information content (AvgIpc) is 3.36. The third-order valence-electron chi connectivity index (χ3n) is 4.53. The number of carboxylic acids is 1. The minimum absolute atomic E-state index is 0.207. The Morgan fingerprint density at radius 2 is 1.89 bits per heavy atom. The van der Waals surface area contributed by atoms with Gasteiger partial charge in [-0.15, -0.1) is 0 Å². The molecule has 2 heterocycles. The summed E-state index contributed by atoms with van der Waals surface area (Å²) >= 11 is 0. The number of carbonyl (C=O) groups excluding carboxylic acids is 1. The zero-order valence-electron chi connectivity index (χ0n) is 14.9. The van der Waals surface area contributed by atoms with E-state index < -0.39 is 18.2 Å². The minimum atomic E-state index is -1.04. The molecule has 2 aromatic rings. The fraction of sp³-hybridized carbons (Fsp3) is 0.300. The molecule has 0 aromatic heterocycles. The van der Waals surface area contributed by atoms with Crippen LogP contribution in [0.3, 0.4) is 0 Å². The molecule has 0 bridgehead atoms. The standard InChI is InChI=1S/C20H19NO7/c22-19(16-6-7-17(28-16)20(23)24)21-13-3-1-2-12(8-13)10-25-14-4-5-15-18(9-14)27-11-26-15/h1-5,8-9,16-17H,6-7,10-11H2,(H,21,22)(H,23,24)/t16-,17+/m0/s1. The fourth-order valence-corrected chi connectivity index (χ4v) is 3.11. The number of carbonyl (C=O) groups is 2. The second-order valence-electron chi connectivity index (χ2n) is 6.52. The number of hydrogen-bond donors (Lipinski definition) is 2. The molecule has 1 saturated heterocycles. The van der Waals surface area contributed by atoms with Crippen molar-refractivity contribution in [3.8, 4) is 17.2 Å². The van der Waals surface area contributed by atoms with Crippen molar-refractivity contribution in [1.82, 2.24) is 0 Å². The van der Waals surface area contributed by atoms with Crippen molar-refractivity contribution in [3.05, 3.63) is 48.0 Å². The molecule has 8 nitrogen and oxygen atoms in total. The topological polar surface area (TPSA) is 103 Å². The highest BCUT2D eigenvalue weighted by Gasteiger charge is 2.34. The summed E-state index contributed by atoms with van der Waals surface area (Å²) in [7, 11) is 0. The maximum absolute atomic E-state index is 12.3. The normalized spacial score (nSPS) is 20.0. The molecule has 2 aliphatic rings. The van der Waals surface area contributed by atoms with Gasteiger partial charge in [0.25, 0.3) is 5.91 Å². The zero-order valence-corrected chi connectivity index (χ0v) is 14.9. The number of nitrogens with one attached hydrogen (secondary N) is 1. The van der Waals surface area contributed by atoms with Gasteiger partial charge >= 0.3 is 5.97 Å². The van der Waals surface area contributed by atoms with Crippen LogP contribution in [0.2, 0.25) is 0 Å². The second kappa shape index (κ2) is 7.77. The van der Waals surface area contributed by atoms with E-state index >= 15 is 0 Å². The first-order valence-corrected chi connectivity index (χ1v) is 8.89. The van der Waals surface area contributed by atoms with Crippen LogP contribution in [0.5, 0.6) is 17.2 Å². The molecule has 1 fully saturated rings. The third kappa shape index (κ3) is 4.01. The molecule has 2 N–H and O–H groups in total. The van der Waals surface area contributed by atoms with Crippen molar-refractivity contribution < 1.29 is 33.6 Å². The predicted molar refractivity (Wildman–Crippen MR) is 97.5 cm³/mol. The van der Waals surface area contributed by atoms with Crippen molar-refractivity contribution in [2.75, 3.05) is 12.1 Å². The van der Waals surface area contributed by atoms with Crippen molar-refractivity contribution in [3.63, 3.8) is 0 Å². The third-order valence-corrected chi connectivity index (χ3v) is 4.53. The molecular weight excluding hydrogens is 366 g/mol. The number of aliphatic carboxylic acids is 1. The van der Waals surface area contributed by atoms with Gasteiger partial charge in [0.2, 0.25) is 6.79 Å². The predicted octanol–water partition coefficient (Wildman–Crippen LogP) is 2.57. The molecule has 0 spiro atoms. The molecule has 0 radical (unpaired) electrons. The summed E-state index contributed by atoms with van der Waals surface area (Å²) < 4.78 is 21.6. The molecule has 2 aromatic carbocycles. The van der Waals surface area contributed by atoms with E-state index in [0.29, 0.717) is 42.4 Å². The van der Waals surface area contributed by atoms with Crippen molar-refractivity contribution in [2.45, 2.75) is 31.7 Å². The Kier molecular flexibility index (Phi) is 5.03. The van der Waals surface area contributed by atoms with Crippen molar-refractivity contribution in [1.29, 1.82) is 0 Å². The molecular formula is C20H19NO7. The number of amides is 1. The monoisotopic (exact) mass is 385 g/mol. The van der Waals surface area contributed by atoms with Crippen LogP contribution >= 0.6 is 0 Å². The van der Waals surface area contributed by atoms with E-state index in [1.54, 1.807) is 30.3 Å². The van der Waals surface area contributed by atoms with Crippen LogP contribution in [0.1, 0.15) is 18.4 Å². The lowest BCUT2D eigenvalue weighted by Crippen LogP contribution is -2.29. The Labute approximate surface area is 161 Å². The van der Waals surface area contributed by atoms with E-state index in [0.717, 1.165) is 5.56 Å². The van der Waals surface area contributed by atoms with Gasteiger partial charge in [-0.3, -0.25) is 4.79 Å². The highest BCUT2D eigenvalue weighted by Crippen LogP contribution is 2.35. The number of anilines is 1. The summed E-state index contributed by atoms with van der Waals surface area (Å²) in [5, 5.41) is 11.7. The lowest BCUT2D eigenvalue weighted by Gasteiger charge is -2.13. The molecule has 2 atom stereocenters. The molecule has 4 rings (SSSR count). The van der Waals surface area contributed by atoms with Gasteiger partial charge in [-0.1, -0.05) is 12.1 Å². The van der Waals surface area contributed by atoms with Crippen LogP contribution in [0.15, 0.2) is 42.5 Å². The molecule has 28 heavy (non-hydrogen) atoms. The number of carboxylic acid groups (broad SMARTS) is 1. The zero-order chi connectivity index (χ0) is 19.5. The number of hydrogen-bond acceptors (Lipinski definition) is 6. The summed E-state index contributed by atoms with van der Waals surface area (Å²) in [6, 6.07) is 12.6. The quantitative estimate of drug-likeness (QED) is 0.788. The van der Waals surface area contributed by atoms with E-state index in [2.05, 4.69) is 5.32 Å². The van der Waals surface area contributed by atoms with Gasteiger partial charge in [0, 0.05) is 11.8 Å². The Morgan fingerprint density at radius 3 is 2.71 bits per heavy atom. The highest BCUT2D eigenvalue weighted by atomic mass is 16.7. The summed E-state index contributed by atoms with van der Waals surface area (Å²) in [6.45, 7) is 0.517. The molecule has 146 valence electrons.